The average Bonchev–Trinajstić information content (AvgIpc) is 2.04. The lowest BCUT2D eigenvalue weighted by Gasteiger charge is -2.08. The maximum atomic E-state index is 5.85. The van der Waals surface area contributed by atoms with Gasteiger partial charge in [0.15, 0.2) is 0 Å². The van der Waals surface area contributed by atoms with Crippen LogP contribution in [0.2, 0.25) is 5.02 Å². The van der Waals surface area contributed by atoms with Crippen molar-refractivity contribution in [3.05, 3.63) is 23.4 Å². The molecule has 1 nitrogen and oxygen atoms in total. The van der Waals surface area contributed by atoms with Gasteiger partial charge in [-0.2, -0.15) is 0 Å². The SMILES string of the molecule is CCC[C@@H](C)Sc1cc(Cl)ccn1. The van der Waals surface area contributed by atoms with E-state index in [4.69, 9.17) is 11.6 Å². The summed E-state index contributed by atoms with van der Waals surface area (Å²) in [5.41, 5.74) is 0. The third-order valence-corrected chi connectivity index (χ3v) is 3.05. The molecule has 0 bridgehead atoms. The Kier molecular flexibility index (Phi) is 4.60. The molecule has 0 aliphatic heterocycles. The van der Waals surface area contributed by atoms with E-state index in [0.717, 1.165) is 10.0 Å². The molecule has 72 valence electrons. The Morgan fingerprint density at radius 2 is 2.38 bits per heavy atom. The summed E-state index contributed by atoms with van der Waals surface area (Å²) in [5.74, 6) is 0. The number of rotatable bonds is 4. The van der Waals surface area contributed by atoms with Crippen LogP contribution in [0.3, 0.4) is 0 Å². The highest BCUT2D eigenvalue weighted by molar-refractivity contribution is 7.99. The van der Waals surface area contributed by atoms with Crippen molar-refractivity contribution in [3.8, 4) is 0 Å². The van der Waals surface area contributed by atoms with Crippen molar-refractivity contribution in [2.75, 3.05) is 0 Å². The van der Waals surface area contributed by atoms with Crippen molar-refractivity contribution in [1.29, 1.82) is 0 Å². The Morgan fingerprint density at radius 1 is 1.62 bits per heavy atom. The smallest absolute Gasteiger partial charge is 0.0977 e. The minimum absolute atomic E-state index is 0.621. The van der Waals surface area contributed by atoms with Crippen molar-refractivity contribution in [2.24, 2.45) is 0 Å². The van der Waals surface area contributed by atoms with E-state index in [2.05, 4.69) is 18.8 Å². The third-order valence-electron chi connectivity index (χ3n) is 1.71. The van der Waals surface area contributed by atoms with Gasteiger partial charge in [-0.25, -0.2) is 4.98 Å². The van der Waals surface area contributed by atoms with E-state index >= 15 is 0 Å². The second-order valence-electron chi connectivity index (χ2n) is 3.03. The lowest BCUT2D eigenvalue weighted by atomic mass is 10.3. The van der Waals surface area contributed by atoms with E-state index < -0.39 is 0 Å². The summed E-state index contributed by atoms with van der Waals surface area (Å²) in [5, 5.41) is 2.41. The third kappa shape index (κ3) is 4.01. The molecule has 0 unspecified atom stereocenters. The monoisotopic (exact) mass is 215 g/mol. The minimum Gasteiger partial charge on any atom is -0.250 e. The molecular weight excluding hydrogens is 202 g/mol. The zero-order chi connectivity index (χ0) is 9.68. The minimum atomic E-state index is 0.621. The number of thioether (sulfide) groups is 1. The molecule has 0 aromatic carbocycles. The molecule has 0 amide bonds. The number of halogens is 1. The van der Waals surface area contributed by atoms with Crippen LogP contribution in [0.15, 0.2) is 23.4 Å². The van der Waals surface area contributed by atoms with Crippen LogP contribution < -0.4 is 0 Å². The molecule has 0 spiro atoms. The van der Waals surface area contributed by atoms with Crippen LogP contribution >= 0.6 is 23.4 Å². The van der Waals surface area contributed by atoms with Crippen LogP contribution in [0.5, 0.6) is 0 Å². The van der Waals surface area contributed by atoms with Gasteiger partial charge < -0.3 is 0 Å². The van der Waals surface area contributed by atoms with Gasteiger partial charge >= 0.3 is 0 Å². The number of pyridine rings is 1. The highest BCUT2D eigenvalue weighted by Gasteiger charge is 2.04. The maximum absolute atomic E-state index is 5.85. The average molecular weight is 216 g/mol. The van der Waals surface area contributed by atoms with Crippen molar-refractivity contribution >= 4 is 23.4 Å². The first kappa shape index (κ1) is 10.9. The first-order valence-corrected chi connectivity index (χ1v) is 5.76. The molecule has 0 radical (unpaired) electrons. The number of aromatic nitrogens is 1. The predicted octanol–water partition coefficient (Wildman–Crippen LogP) is 4.02. The topological polar surface area (TPSA) is 12.9 Å². The van der Waals surface area contributed by atoms with Crippen molar-refractivity contribution < 1.29 is 0 Å². The van der Waals surface area contributed by atoms with Gasteiger partial charge in [-0.15, -0.1) is 11.8 Å². The van der Waals surface area contributed by atoms with E-state index in [1.54, 1.807) is 24.0 Å². The molecule has 0 saturated heterocycles. The predicted molar refractivity (Wildman–Crippen MR) is 59.5 cm³/mol. The molecule has 0 fully saturated rings. The molecule has 0 aliphatic rings. The largest absolute Gasteiger partial charge is 0.250 e. The fourth-order valence-corrected chi connectivity index (χ4v) is 2.43. The summed E-state index contributed by atoms with van der Waals surface area (Å²) in [6.45, 7) is 4.42. The highest BCUT2D eigenvalue weighted by Crippen LogP contribution is 2.25. The van der Waals surface area contributed by atoms with E-state index in [-0.39, 0.29) is 0 Å². The summed E-state index contributed by atoms with van der Waals surface area (Å²) in [6.07, 6.45) is 4.19. The molecule has 1 heterocycles. The Bertz CT molecular complexity index is 265. The van der Waals surface area contributed by atoms with E-state index in [1.807, 2.05) is 6.07 Å². The van der Waals surface area contributed by atoms with Crippen molar-refractivity contribution in [3.63, 3.8) is 0 Å². The summed E-state index contributed by atoms with van der Waals surface area (Å²) < 4.78 is 0. The second-order valence-corrected chi connectivity index (χ2v) is 4.92. The van der Waals surface area contributed by atoms with Gasteiger partial charge in [-0.3, -0.25) is 0 Å². The molecular formula is C10H14ClNS. The molecule has 1 aromatic heterocycles. The number of nitrogens with zero attached hydrogens (tertiary/aromatic N) is 1. The van der Waals surface area contributed by atoms with E-state index in [9.17, 15) is 0 Å². The van der Waals surface area contributed by atoms with E-state index in [0.29, 0.717) is 5.25 Å². The molecule has 0 N–H and O–H groups in total. The van der Waals surface area contributed by atoms with Gasteiger partial charge in [0.05, 0.1) is 5.03 Å². The molecule has 1 aromatic rings. The van der Waals surface area contributed by atoms with Crippen LogP contribution in [-0.4, -0.2) is 10.2 Å². The summed E-state index contributed by atoms with van der Waals surface area (Å²) >= 11 is 7.64. The van der Waals surface area contributed by atoms with Gasteiger partial charge in [-0.1, -0.05) is 31.9 Å². The summed E-state index contributed by atoms with van der Waals surface area (Å²) in [7, 11) is 0. The van der Waals surface area contributed by atoms with E-state index in [1.165, 1.54) is 12.8 Å². The zero-order valence-electron chi connectivity index (χ0n) is 7.96. The summed E-state index contributed by atoms with van der Waals surface area (Å²) in [6, 6.07) is 3.72. The van der Waals surface area contributed by atoms with Gasteiger partial charge in [0.2, 0.25) is 0 Å². The van der Waals surface area contributed by atoms with Crippen LogP contribution in [0.4, 0.5) is 0 Å². The number of hydrogen-bond acceptors (Lipinski definition) is 2. The molecule has 13 heavy (non-hydrogen) atoms. The van der Waals surface area contributed by atoms with Gasteiger partial charge in [0.1, 0.15) is 0 Å². The zero-order valence-corrected chi connectivity index (χ0v) is 9.53. The molecule has 3 heteroatoms. The second kappa shape index (κ2) is 5.51. The quantitative estimate of drug-likeness (QED) is 0.704. The standard InChI is InChI=1S/C10H14ClNS/c1-3-4-8(2)13-10-7-9(11)5-6-12-10/h5-8H,3-4H2,1-2H3/t8-/m1/s1. The Balaban J connectivity index is 2.53. The first-order valence-electron chi connectivity index (χ1n) is 4.50. The van der Waals surface area contributed by atoms with Crippen LogP contribution in [0.1, 0.15) is 26.7 Å². The van der Waals surface area contributed by atoms with Crippen LogP contribution in [-0.2, 0) is 0 Å². The molecule has 0 aliphatic carbocycles. The van der Waals surface area contributed by atoms with Crippen LogP contribution in [0.25, 0.3) is 0 Å². The van der Waals surface area contributed by atoms with Crippen molar-refractivity contribution in [2.45, 2.75) is 37.0 Å². The Labute approximate surface area is 88.9 Å². The lowest BCUT2D eigenvalue weighted by molar-refractivity contribution is 0.785. The molecule has 0 saturated carbocycles. The normalized spacial score (nSPS) is 12.8. The fourth-order valence-electron chi connectivity index (χ4n) is 1.12. The van der Waals surface area contributed by atoms with Gasteiger partial charge in [0.25, 0.3) is 0 Å². The Hall–Kier alpha value is -0.210. The molecule has 1 atom stereocenters. The fraction of sp³-hybridized carbons (Fsp3) is 0.500. The van der Waals surface area contributed by atoms with Crippen LogP contribution in [0, 0.1) is 0 Å². The molecule has 1 rings (SSSR count). The lowest BCUT2D eigenvalue weighted by Crippen LogP contribution is -1.95. The van der Waals surface area contributed by atoms with Gasteiger partial charge in [-0.05, 0) is 18.6 Å². The van der Waals surface area contributed by atoms with Crippen molar-refractivity contribution in [1.82, 2.24) is 4.98 Å². The first-order chi connectivity index (χ1) is 6.22. The summed E-state index contributed by atoms with van der Waals surface area (Å²) in [4.78, 5) is 4.24. The van der Waals surface area contributed by atoms with Gasteiger partial charge in [0, 0.05) is 16.5 Å². The maximum Gasteiger partial charge on any atom is 0.0977 e. The highest BCUT2D eigenvalue weighted by atomic mass is 35.5. The Morgan fingerprint density at radius 3 is 3.00 bits per heavy atom. The number of hydrogen-bond donors (Lipinski definition) is 0.